The fourth-order valence-corrected chi connectivity index (χ4v) is 3.41. The van der Waals surface area contributed by atoms with Gasteiger partial charge in [-0.2, -0.15) is 0 Å². The molecule has 1 fully saturated rings. The Hall–Kier alpha value is -1.94. The van der Waals surface area contributed by atoms with Gasteiger partial charge < -0.3 is 4.90 Å². The van der Waals surface area contributed by atoms with Crippen LogP contribution in [0.1, 0.15) is 25.5 Å². The van der Waals surface area contributed by atoms with Gasteiger partial charge in [0.05, 0.1) is 16.4 Å². The first-order chi connectivity index (χ1) is 11.1. The topological polar surface area (TPSA) is 46.1 Å². The Morgan fingerprint density at radius 2 is 2.09 bits per heavy atom. The van der Waals surface area contributed by atoms with Crippen LogP contribution < -0.4 is 0 Å². The van der Waals surface area contributed by atoms with E-state index in [1.165, 1.54) is 0 Å². The van der Waals surface area contributed by atoms with Crippen molar-refractivity contribution in [1.29, 1.82) is 0 Å². The molecule has 0 radical (unpaired) electrons. The number of benzene rings is 1. The molecule has 0 aliphatic carbocycles. The summed E-state index contributed by atoms with van der Waals surface area (Å²) in [6, 6.07) is 7.71. The number of carbonyl (C=O) groups is 1. The fourth-order valence-electron chi connectivity index (χ4n) is 3.19. The van der Waals surface area contributed by atoms with E-state index < -0.39 is 0 Å². The Labute approximate surface area is 141 Å². The number of aromatic nitrogens is 2. The van der Waals surface area contributed by atoms with E-state index >= 15 is 0 Å². The number of halogens is 1. The molecular weight excluding hydrogens is 310 g/mol. The van der Waals surface area contributed by atoms with Crippen molar-refractivity contribution < 1.29 is 4.79 Å². The Morgan fingerprint density at radius 1 is 1.30 bits per heavy atom. The van der Waals surface area contributed by atoms with Gasteiger partial charge in [-0.3, -0.25) is 14.8 Å². The summed E-state index contributed by atoms with van der Waals surface area (Å²) >= 11 is 6.32. The van der Waals surface area contributed by atoms with Crippen molar-refractivity contribution in [3.05, 3.63) is 47.4 Å². The Balaban J connectivity index is 1.84. The minimum atomic E-state index is 0.153. The minimum absolute atomic E-state index is 0.153. The van der Waals surface area contributed by atoms with Crippen molar-refractivity contribution in [2.24, 2.45) is 5.92 Å². The molecule has 5 heteroatoms. The molecule has 1 aromatic heterocycles. The Bertz CT molecular complexity index is 704. The third-order valence-electron chi connectivity index (χ3n) is 4.35. The van der Waals surface area contributed by atoms with Gasteiger partial charge in [0.15, 0.2) is 0 Å². The number of hydrogen-bond acceptors (Lipinski definition) is 3. The fraction of sp³-hybridized carbons (Fsp3) is 0.389. The highest BCUT2D eigenvalue weighted by Crippen LogP contribution is 2.30. The van der Waals surface area contributed by atoms with Crippen molar-refractivity contribution in [2.45, 2.75) is 26.2 Å². The quantitative estimate of drug-likeness (QED) is 0.864. The lowest BCUT2D eigenvalue weighted by molar-refractivity contribution is -0.130. The van der Waals surface area contributed by atoms with Crippen LogP contribution in [-0.2, 0) is 11.2 Å². The van der Waals surface area contributed by atoms with Gasteiger partial charge >= 0.3 is 0 Å². The summed E-state index contributed by atoms with van der Waals surface area (Å²) in [6.45, 7) is 3.30. The summed E-state index contributed by atoms with van der Waals surface area (Å²) in [7, 11) is 0. The smallest absolute Gasteiger partial charge is 0.219 e. The number of nitrogens with zero attached hydrogens (tertiary/aromatic N) is 3. The predicted molar refractivity (Wildman–Crippen MR) is 91.2 cm³/mol. The van der Waals surface area contributed by atoms with Gasteiger partial charge in [0.1, 0.15) is 0 Å². The van der Waals surface area contributed by atoms with Crippen LogP contribution >= 0.6 is 11.6 Å². The lowest BCUT2D eigenvalue weighted by Gasteiger charge is -2.32. The van der Waals surface area contributed by atoms with Crippen LogP contribution in [0.5, 0.6) is 0 Å². The lowest BCUT2D eigenvalue weighted by atomic mass is 9.91. The van der Waals surface area contributed by atoms with Crippen LogP contribution in [0, 0.1) is 5.92 Å². The molecule has 120 valence electrons. The molecule has 0 N–H and O–H groups in total. The zero-order valence-electron chi connectivity index (χ0n) is 13.2. The molecule has 2 aromatic rings. The number of amides is 1. The highest BCUT2D eigenvalue weighted by Gasteiger charge is 2.23. The van der Waals surface area contributed by atoms with Crippen molar-refractivity contribution in [2.75, 3.05) is 13.1 Å². The summed E-state index contributed by atoms with van der Waals surface area (Å²) in [5.41, 5.74) is 2.71. The number of likely N-dealkylation sites (tertiary alicyclic amines) is 1. The molecule has 1 amide bonds. The number of piperidine rings is 1. The van der Waals surface area contributed by atoms with Gasteiger partial charge in [-0.05, 0) is 31.2 Å². The average molecular weight is 330 g/mol. The van der Waals surface area contributed by atoms with Gasteiger partial charge in [0.2, 0.25) is 5.91 Å². The summed E-state index contributed by atoms with van der Waals surface area (Å²) in [5, 5.41) is 0.684. The van der Waals surface area contributed by atoms with Crippen molar-refractivity contribution in [3.8, 4) is 11.3 Å². The predicted octanol–water partition coefficient (Wildman–Crippen LogP) is 3.60. The number of hydrogen-bond donors (Lipinski definition) is 0. The maximum atomic E-state index is 11.6. The molecule has 0 bridgehead atoms. The van der Waals surface area contributed by atoms with Gasteiger partial charge in [-0.15, -0.1) is 0 Å². The lowest BCUT2D eigenvalue weighted by Crippen LogP contribution is -2.39. The largest absolute Gasteiger partial charge is 0.343 e. The molecule has 4 nitrogen and oxygen atoms in total. The highest BCUT2D eigenvalue weighted by atomic mass is 35.5. The first kappa shape index (κ1) is 15.9. The first-order valence-electron chi connectivity index (χ1n) is 7.95. The van der Waals surface area contributed by atoms with Crippen LogP contribution in [-0.4, -0.2) is 33.9 Å². The highest BCUT2D eigenvalue weighted by molar-refractivity contribution is 6.33. The van der Waals surface area contributed by atoms with E-state index in [4.69, 9.17) is 11.6 Å². The molecule has 2 heterocycles. The van der Waals surface area contributed by atoms with Crippen LogP contribution in [0.25, 0.3) is 11.3 Å². The molecule has 1 aliphatic rings. The van der Waals surface area contributed by atoms with Crippen LogP contribution in [0.2, 0.25) is 5.02 Å². The second-order valence-corrected chi connectivity index (χ2v) is 6.42. The SMILES string of the molecule is CC(=O)N1CCCC(Cc2nccnc2-c2ccccc2Cl)C1. The van der Waals surface area contributed by atoms with Gasteiger partial charge in [-0.1, -0.05) is 29.8 Å². The Kier molecular flexibility index (Phi) is 4.91. The van der Waals surface area contributed by atoms with Gasteiger partial charge in [0, 0.05) is 38.0 Å². The van der Waals surface area contributed by atoms with E-state index in [0.29, 0.717) is 10.9 Å². The van der Waals surface area contributed by atoms with Crippen LogP contribution in [0.3, 0.4) is 0 Å². The monoisotopic (exact) mass is 329 g/mol. The average Bonchev–Trinajstić information content (AvgIpc) is 2.56. The number of carbonyl (C=O) groups excluding carboxylic acids is 1. The van der Waals surface area contributed by atoms with E-state index in [1.54, 1.807) is 19.3 Å². The molecule has 1 aromatic carbocycles. The summed E-state index contributed by atoms with van der Waals surface area (Å²) in [6.07, 6.45) is 6.40. The normalized spacial score (nSPS) is 18.0. The molecule has 1 saturated heterocycles. The molecule has 0 saturated carbocycles. The number of rotatable bonds is 3. The molecule has 23 heavy (non-hydrogen) atoms. The van der Waals surface area contributed by atoms with E-state index in [1.807, 2.05) is 29.2 Å². The summed E-state index contributed by atoms with van der Waals surface area (Å²) in [5.74, 6) is 0.575. The summed E-state index contributed by atoms with van der Waals surface area (Å²) < 4.78 is 0. The van der Waals surface area contributed by atoms with Crippen LogP contribution in [0.15, 0.2) is 36.7 Å². The van der Waals surface area contributed by atoms with Crippen molar-refractivity contribution >= 4 is 17.5 Å². The summed E-state index contributed by atoms with van der Waals surface area (Å²) in [4.78, 5) is 22.6. The molecule has 1 aliphatic heterocycles. The van der Waals surface area contributed by atoms with E-state index in [2.05, 4.69) is 9.97 Å². The molecule has 1 atom stereocenters. The second-order valence-electron chi connectivity index (χ2n) is 6.01. The third kappa shape index (κ3) is 3.70. The van der Waals surface area contributed by atoms with Crippen molar-refractivity contribution in [3.63, 3.8) is 0 Å². The zero-order chi connectivity index (χ0) is 16.2. The zero-order valence-corrected chi connectivity index (χ0v) is 14.0. The van der Waals surface area contributed by atoms with E-state index in [0.717, 1.165) is 49.3 Å². The second kappa shape index (κ2) is 7.09. The molecule has 0 spiro atoms. The van der Waals surface area contributed by atoms with Gasteiger partial charge in [-0.25, -0.2) is 0 Å². The maximum Gasteiger partial charge on any atom is 0.219 e. The minimum Gasteiger partial charge on any atom is -0.343 e. The standard InChI is InChI=1S/C18H20ClN3O/c1-13(23)22-10-4-5-14(12-22)11-17-18(21-9-8-20-17)15-6-2-3-7-16(15)19/h2-3,6-9,14H,4-5,10-12H2,1H3. The first-order valence-corrected chi connectivity index (χ1v) is 8.33. The van der Waals surface area contributed by atoms with E-state index in [-0.39, 0.29) is 5.91 Å². The molecular formula is C18H20ClN3O. The third-order valence-corrected chi connectivity index (χ3v) is 4.68. The Morgan fingerprint density at radius 3 is 2.87 bits per heavy atom. The molecule has 3 rings (SSSR count). The van der Waals surface area contributed by atoms with Crippen LogP contribution in [0.4, 0.5) is 0 Å². The molecule has 1 unspecified atom stereocenters. The van der Waals surface area contributed by atoms with Gasteiger partial charge in [0.25, 0.3) is 0 Å². The van der Waals surface area contributed by atoms with E-state index in [9.17, 15) is 4.79 Å². The maximum absolute atomic E-state index is 11.6. The van der Waals surface area contributed by atoms with Crippen molar-refractivity contribution in [1.82, 2.24) is 14.9 Å².